The quantitative estimate of drug-likeness (QED) is 0.482. The maximum absolute atomic E-state index is 12.6. The van der Waals surface area contributed by atoms with E-state index < -0.39 is 0 Å². The highest BCUT2D eigenvalue weighted by Crippen LogP contribution is 2.26. The van der Waals surface area contributed by atoms with Crippen molar-refractivity contribution in [2.75, 3.05) is 5.32 Å². The molecule has 0 aliphatic carbocycles. The molecule has 0 spiro atoms. The molecule has 0 fully saturated rings. The van der Waals surface area contributed by atoms with Crippen molar-refractivity contribution in [3.8, 4) is 5.69 Å². The Morgan fingerprint density at radius 3 is 2.52 bits per heavy atom. The van der Waals surface area contributed by atoms with Gasteiger partial charge in [-0.25, -0.2) is 0 Å². The molecule has 4 heteroatoms. The maximum atomic E-state index is 12.6. The molecule has 1 N–H and O–H groups in total. The summed E-state index contributed by atoms with van der Waals surface area (Å²) in [5, 5.41) is 5.18. The minimum atomic E-state index is -0.122. The number of anilines is 1. The average Bonchev–Trinajstić information content (AvgIpc) is 3.17. The van der Waals surface area contributed by atoms with Gasteiger partial charge in [0.1, 0.15) is 0 Å². The normalized spacial score (nSPS) is 10.8. The van der Waals surface area contributed by atoms with Crippen LogP contribution in [0.3, 0.4) is 0 Å². The highest BCUT2D eigenvalue weighted by atomic mass is 79.9. The summed E-state index contributed by atoms with van der Waals surface area (Å²) in [6, 6.07) is 23.4. The molecule has 3 nitrogen and oxygen atoms in total. The SMILES string of the molecule is O=C(Nc1ccc2c(Br)cccc2c1)c1cccc(-n2cccc2)c1. The van der Waals surface area contributed by atoms with E-state index in [1.54, 1.807) is 0 Å². The van der Waals surface area contributed by atoms with Gasteiger partial charge in [0, 0.05) is 33.8 Å². The minimum Gasteiger partial charge on any atom is -0.324 e. The summed E-state index contributed by atoms with van der Waals surface area (Å²) in [4.78, 5) is 12.6. The van der Waals surface area contributed by atoms with Crippen LogP contribution in [0.25, 0.3) is 16.5 Å². The Morgan fingerprint density at radius 1 is 0.880 bits per heavy atom. The minimum absolute atomic E-state index is 0.122. The largest absolute Gasteiger partial charge is 0.324 e. The second-order valence-corrected chi connectivity index (χ2v) is 6.62. The number of benzene rings is 3. The first-order chi connectivity index (χ1) is 12.2. The van der Waals surface area contributed by atoms with Gasteiger partial charge in [0.05, 0.1) is 0 Å². The number of hydrogen-bond donors (Lipinski definition) is 1. The third kappa shape index (κ3) is 3.21. The molecule has 1 aromatic heterocycles. The van der Waals surface area contributed by atoms with Gasteiger partial charge < -0.3 is 9.88 Å². The van der Waals surface area contributed by atoms with Crippen LogP contribution in [0.2, 0.25) is 0 Å². The second kappa shape index (κ2) is 6.57. The average molecular weight is 391 g/mol. The van der Waals surface area contributed by atoms with Crippen LogP contribution in [-0.2, 0) is 0 Å². The molecule has 122 valence electrons. The molecular formula is C21H15BrN2O. The van der Waals surface area contributed by atoms with Gasteiger partial charge >= 0.3 is 0 Å². The van der Waals surface area contributed by atoms with Crippen LogP contribution in [0.5, 0.6) is 0 Å². The second-order valence-electron chi connectivity index (χ2n) is 5.77. The smallest absolute Gasteiger partial charge is 0.255 e. The molecule has 1 heterocycles. The van der Waals surface area contributed by atoms with Crippen molar-refractivity contribution >= 4 is 38.3 Å². The van der Waals surface area contributed by atoms with Crippen LogP contribution in [-0.4, -0.2) is 10.5 Å². The fourth-order valence-electron chi connectivity index (χ4n) is 2.84. The Kier molecular flexibility index (Phi) is 4.12. The van der Waals surface area contributed by atoms with Gasteiger partial charge in [-0.2, -0.15) is 0 Å². The molecule has 0 aliphatic heterocycles. The standard InChI is InChI=1S/C21H15BrN2O/c22-20-8-4-5-15-13-17(9-10-19(15)20)23-21(25)16-6-3-7-18(14-16)24-11-1-2-12-24/h1-14H,(H,23,25). The van der Waals surface area contributed by atoms with Gasteiger partial charge in [-0.1, -0.05) is 40.2 Å². The van der Waals surface area contributed by atoms with Gasteiger partial charge in [-0.15, -0.1) is 0 Å². The first-order valence-corrected chi connectivity index (χ1v) is 8.73. The van der Waals surface area contributed by atoms with E-state index in [1.807, 2.05) is 89.8 Å². The fraction of sp³-hybridized carbons (Fsp3) is 0. The number of rotatable bonds is 3. The zero-order chi connectivity index (χ0) is 17.2. The number of hydrogen-bond acceptors (Lipinski definition) is 1. The number of fused-ring (bicyclic) bond motifs is 1. The van der Waals surface area contributed by atoms with E-state index in [4.69, 9.17) is 0 Å². The van der Waals surface area contributed by atoms with E-state index in [9.17, 15) is 4.79 Å². The Morgan fingerprint density at radius 2 is 1.68 bits per heavy atom. The van der Waals surface area contributed by atoms with E-state index in [0.29, 0.717) is 5.56 Å². The lowest BCUT2D eigenvalue weighted by molar-refractivity contribution is 0.102. The van der Waals surface area contributed by atoms with Crippen LogP contribution in [0.1, 0.15) is 10.4 Å². The lowest BCUT2D eigenvalue weighted by atomic mass is 10.1. The van der Waals surface area contributed by atoms with E-state index in [-0.39, 0.29) is 5.91 Å². The summed E-state index contributed by atoms with van der Waals surface area (Å²) in [5.74, 6) is -0.122. The highest BCUT2D eigenvalue weighted by molar-refractivity contribution is 9.10. The van der Waals surface area contributed by atoms with Gasteiger partial charge in [0.2, 0.25) is 0 Å². The molecule has 0 bridgehead atoms. The van der Waals surface area contributed by atoms with Gasteiger partial charge in [-0.05, 0) is 59.3 Å². The van der Waals surface area contributed by atoms with Crippen molar-refractivity contribution in [3.63, 3.8) is 0 Å². The first-order valence-electron chi connectivity index (χ1n) is 7.94. The summed E-state index contributed by atoms with van der Waals surface area (Å²) in [7, 11) is 0. The molecule has 1 amide bonds. The lowest BCUT2D eigenvalue weighted by Crippen LogP contribution is -2.12. The van der Waals surface area contributed by atoms with Crippen molar-refractivity contribution in [2.24, 2.45) is 0 Å². The number of carbonyl (C=O) groups is 1. The molecule has 0 radical (unpaired) electrons. The number of halogens is 1. The molecular weight excluding hydrogens is 376 g/mol. The van der Waals surface area contributed by atoms with E-state index >= 15 is 0 Å². The molecule has 0 aliphatic rings. The number of amides is 1. The maximum Gasteiger partial charge on any atom is 0.255 e. The Bertz CT molecular complexity index is 1050. The third-order valence-electron chi connectivity index (χ3n) is 4.10. The van der Waals surface area contributed by atoms with Crippen molar-refractivity contribution in [2.45, 2.75) is 0 Å². The molecule has 25 heavy (non-hydrogen) atoms. The van der Waals surface area contributed by atoms with Gasteiger partial charge in [-0.3, -0.25) is 4.79 Å². The zero-order valence-electron chi connectivity index (χ0n) is 13.3. The number of aromatic nitrogens is 1. The van der Waals surface area contributed by atoms with Crippen molar-refractivity contribution in [1.29, 1.82) is 0 Å². The van der Waals surface area contributed by atoms with E-state index in [1.165, 1.54) is 0 Å². The third-order valence-corrected chi connectivity index (χ3v) is 4.79. The molecule has 4 rings (SSSR count). The van der Waals surface area contributed by atoms with Gasteiger partial charge in [0.15, 0.2) is 0 Å². The first kappa shape index (κ1) is 15.7. The molecule has 0 atom stereocenters. The zero-order valence-corrected chi connectivity index (χ0v) is 14.9. The van der Waals surface area contributed by atoms with Crippen molar-refractivity contribution < 1.29 is 4.79 Å². The number of nitrogens with zero attached hydrogens (tertiary/aromatic N) is 1. The van der Waals surface area contributed by atoms with Crippen LogP contribution in [0.4, 0.5) is 5.69 Å². The number of carbonyl (C=O) groups excluding carboxylic acids is 1. The molecule has 3 aromatic carbocycles. The van der Waals surface area contributed by atoms with E-state index in [0.717, 1.165) is 26.6 Å². The Balaban J connectivity index is 1.61. The molecule has 0 unspecified atom stereocenters. The predicted molar refractivity (Wildman–Crippen MR) is 105 cm³/mol. The monoisotopic (exact) mass is 390 g/mol. The molecule has 0 saturated carbocycles. The van der Waals surface area contributed by atoms with Gasteiger partial charge in [0.25, 0.3) is 5.91 Å². The summed E-state index contributed by atoms with van der Waals surface area (Å²) >= 11 is 3.55. The predicted octanol–water partition coefficient (Wildman–Crippen LogP) is 5.65. The van der Waals surface area contributed by atoms with Crippen LogP contribution in [0, 0.1) is 0 Å². The Hall–Kier alpha value is -2.85. The highest BCUT2D eigenvalue weighted by Gasteiger charge is 2.08. The van der Waals surface area contributed by atoms with Crippen molar-refractivity contribution in [1.82, 2.24) is 4.57 Å². The summed E-state index contributed by atoms with van der Waals surface area (Å²) < 4.78 is 3.02. The summed E-state index contributed by atoms with van der Waals surface area (Å²) in [6.45, 7) is 0. The van der Waals surface area contributed by atoms with Crippen molar-refractivity contribution in [3.05, 3.63) is 95.2 Å². The van der Waals surface area contributed by atoms with Crippen LogP contribution < -0.4 is 5.32 Å². The van der Waals surface area contributed by atoms with E-state index in [2.05, 4.69) is 21.2 Å². The Labute approximate surface area is 154 Å². The number of nitrogens with one attached hydrogen (secondary N) is 1. The van der Waals surface area contributed by atoms with Crippen LogP contribution in [0.15, 0.2) is 89.7 Å². The lowest BCUT2D eigenvalue weighted by Gasteiger charge is -2.09. The fourth-order valence-corrected chi connectivity index (χ4v) is 3.35. The summed E-state index contributed by atoms with van der Waals surface area (Å²) in [6.07, 6.45) is 3.91. The van der Waals surface area contributed by atoms with Crippen LogP contribution >= 0.6 is 15.9 Å². The molecule has 4 aromatic rings. The molecule has 0 saturated heterocycles. The topological polar surface area (TPSA) is 34.0 Å². The summed E-state index contributed by atoms with van der Waals surface area (Å²) in [5.41, 5.74) is 2.36.